The van der Waals surface area contributed by atoms with Crippen molar-refractivity contribution in [3.63, 3.8) is 0 Å². The highest BCUT2D eigenvalue weighted by molar-refractivity contribution is 7.19. The number of nitrogens with zero attached hydrogens (tertiary/aromatic N) is 4. The van der Waals surface area contributed by atoms with E-state index in [1.807, 2.05) is 18.2 Å². The number of fused-ring (bicyclic) bond motifs is 6. The van der Waals surface area contributed by atoms with Crippen LogP contribution in [0.1, 0.15) is 0 Å². The van der Waals surface area contributed by atoms with Crippen molar-refractivity contribution in [3.05, 3.63) is 255 Å². The zero-order valence-corrected chi connectivity index (χ0v) is 38.4. The summed E-state index contributed by atoms with van der Waals surface area (Å²) in [5, 5.41) is 9.74. The van der Waals surface area contributed by atoms with Gasteiger partial charge in [0, 0.05) is 43.9 Å². The van der Waals surface area contributed by atoms with Crippen LogP contribution in [0.5, 0.6) is 0 Å². The molecule has 3 aromatic heterocycles. The van der Waals surface area contributed by atoms with Crippen LogP contribution in [0, 0.1) is 0 Å². The van der Waals surface area contributed by atoms with E-state index >= 15 is 0 Å². The third kappa shape index (κ3) is 6.80. The summed E-state index contributed by atoms with van der Waals surface area (Å²) >= 11 is 0. The molecule has 0 saturated carbocycles. The van der Waals surface area contributed by atoms with Gasteiger partial charge in [0.15, 0.2) is 25.5 Å². The maximum absolute atomic E-state index is 6.33. The Morgan fingerprint density at radius 1 is 0.319 bits per heavy atom. The Bertz CT molecular complexity index is 3880. The van der Waals surface area contributed by atoms with Crippen molar-refractivity contribution in [2.75, 3.05) is 0 Å². The number of rotatable bonds is 9. The Morgan fingerprint density at radius 3 is 1.36 bits per heavy atom. The van der Waals surface area contributed by atoms with Crippen LogP contribution in [-0.4, -0.2) is 27.6 Å². The number of hydrogen-bond acceptors (Lipinski definition) is 4. The van der Waals surface area contributed by atoms with E-state index in [2.05, 4.69) is 241 Å². The Balaban J connectivity index is 1.03. The second kappa shape index (κ2) is 16.7. The van der Waals surface area contributed by atoms with E-state index in [0.717, 1.165) is 66.5 Å². The van der Waals surface area contributed by atoms with Crippen LogP contribution in [0.15, 0.2) is 259 Å². The highest BCUT2D eigenvalue weighted by Crippen LogP contribution is 2.38. The van der Waals surface area contributed by atoms with E-state index in [4.69, 9.17) is 19.4 Å². The fourth-order valence-corrected chi connectivity index (χ4v) is 15.3. The van der Waals surface area contributed by atoms with Crippen LogP contribution >= 0.6 is 0 Å². The highest BCUT2D eigenvalue weighted by atomic mass is 28.3. The van der Waals surface area contributed by atoms with Gasteiger partial charge < -0.3 is 8.98 Å². The molecule has 0 spiro atoms. The summed E-state index contributed by atoms with van der Waals surface area (Å²) in [6.45, 7) is 0. The van der Waals surface area contributed by atoms with Gasteiger partial charge >= 0.3 is 0 Å². The molecule has 0 N–H and O–H groups in total. The minimum Gasteiger partial charge on any atom is -0.456 e. The van der Waals surface area contributed by atoms with E-state index in [0.29, 0.717) is 17.5 Å². The number of aromatic nitrogens is 4. The zero-order valence-electron chi connectivity index (χ0n) is 37.4. The lowest BCUT2D eigenvalue weighted by Gasteiger charge is -2.34. The summed E-state index contributed by atoms with van der Waals surface area (Å²) in [6, 6.07) is 90.8. The van der Waals surface area contributed by atoms with Crippen molar-refractivity contribution in [3.8, 4) is 51.0 Å². The maximum Gasteiger partial charge on any atom is 0.179 e. The zero-order chi connectivity index (χ0) is 45.7. The molecular weight excluding hydrogens is 857 g/mol. The van der Waals surface area contributed by atoms with Gasteiger partial charge in [-0.2, -0.15) is 0 Å². The molecule has 0 aliphatic carbocycles. The standard InChI is InChI=1S/C63H42N4OSi/c1-4-25-48(26-5-1)69(49-27-6-2-7-28-49,50-29-8-3-9-30-50)51-31-18-23-46(42-51)63-65-61(44-21-16-20-43(40-44)52-35-19-39-59-60(52)55-34-12-15-38-58(55)68-59)64-62(66-63)45-22-17-24-47(41-45)67-56-36-13-10-32-53(56)54-33-11-14-37-57(54)67/h1-42H. The number of furan rings is 1. The van der Waals surface area contributed by atoms with Crippen LogP contribution in [0.4, 0.5) is 0 Å². The lowest BCUT2D eigenvalue weighted by Crippen LogP contribution is -2.74. The fourth-order valence-electron chi connectivity index (χ4n) is 10.5. The molecular formula is C63H42N4OSi. The Labute approximate surface area is 400 Å². The van der Waals surface area contributed by atoms with E-state index in [9.17, 15) is 0 Å². The third-order valence-electron chi connectivity index (χ3n) is 13.6. The predicted octanol–water partition coefficient (Wildman–Crippen LogP) is 12.9. The Hall–Kier alpha value is -8.97. The van der Waals surface area contributed by atoms with Crippen LogP contribution in [0.3, 0.4) is 0 Å². The second-order valence-electron chi connectivity index (χ2n) is 17.5. The molecule has 0 atom stereocenters. The topological polar surface area (TPSA) is 56.7 Å². The lowest BCUT2D eigenvalue weighted by molar-refractivity contribution is 0.669. The molecule has 0 amide bonds. The van der Waals surface area contributed by atoms with E-state index in [-0.39, 0.29) is 0 Å². The Kier molecular flexibility index (Phi) is 9.77. The minimum absolute atomic E-state index is 0.589. The first-order valence-corrected chi connectivity index (χ1v) is 25.3. The van der Waals surface area contributed by atoms with Crippen molar-refractivity contribution < 1.29 is 4.42 Å². The van der Waals surface area contributed by atoms with Gasteiger partial charge in [-0.25, -0.2) is 15.0 Å². The quantitative estimate of drug-likeness (QED) is 0.107. The largest absolute Gasteiger partial charge is 0.456 e. The highest BCUT2D eigenvalue weighted by Gasteiger charge is 2.41. The van der Waals surface area contributed by atoms with Crippen LogP contribution in [0.25, 0.3) is 94.7 Å². The summed E-state index contributed by atoms with van der Waals surface area (Å²) in [6.07, 6.45) is 0. The third-order valence-corrected chi connectivity index (χ3v) is 18.4. The van der Waals surface area contributed by atoms with Crippen molar-refractivity contribution in [1.29, 1.82) is 0 Å². The van der Waals surface area contributed by atoms with Crippen LogP contribution < -0.4 is 20.7 Å². The first-order chi connectivity index (χ1) is 34.2. The number of para-hydroxylation sites is 3. The first-order valence-electron chi connectivity index (χ1n) is 23.3. The molecule has 10 aromatic carbocycles. The molecule has 69 heavy (non-hydrogen) atoms. The second-order valence-corrected chi connectivity index (χ2v) is 21.3. The van der Waals surface area contributed by atoms with Crippen molar-refractivity contribution >= 4 is 72.6 Å². The fraction of sp³-hybridized carbons (Fsp3) is 0. The van der Waals surface area contributed by atoms with Crippen LogP contribution in [-0.2, 0) is 0 Å². The number of hydrogen-bond donors (Lipinski definition) is 0. The smallest absolute Gasteiger partial charge is 0.179 e. The van der Waals surface area contributed by atoms with E-state index < -0.39 is 8.07 Å². The predicted molar refractivity (Wildman–Crippen MR) is 287 cm³/mol. The maximum atomic E-state index is 6.33. The summed E-state index contributed by atoms with van der Waals surface area (Å²) in [4.78, 5) is 16.2. The van der Waals surface area contributed by atoms with Crippen molar-refractivity contribution in [2.24, 2.45) is 0 Å². The summed E-state index contributed by atoms with van der Waals surface area (Å²) in [5.74, 6) is 1.78. The molecule has 0 aliphatic heterocycles. The van der Waals surface area contributed by atoms with E-state index in [1.54, 1.807) is 0 Å². The molecule has 0 radical (unpaired) electrons. The number of benzene rings is 10. The van der Waals surface area contributed by atoms with E-state index in [1.165, 1.54) is 31.5 Å². The molecule has 324 valence electrons. The van der Waals surface area contributed by atoms with Gasteiger partial charge in [-0.15, -0.1) is 0 Å². The van der Waals surface area contributed by atoms with Gasteiger partial charge in [0.2, 0.25) is 0 Å². The van der Waals surface area contributed by atoms with Crippen molar-refractivity contribution in [1.82, 2.24) is 19.5 Å². The van der Waals surface area contributed by atoms with Gasteiger partial charge in [0.25, 0.3) is 0 Å². The molecule has 0 bridgehead atoms. The van der Waals surface area contributed by atoms with Crippen molar-refractivity contribution in [2.45, 2.75) is 0 Å². The summed E-state index contributed by atoms with van der Waals surface area (Å²) < 4.78 is 8.67. The molecule has 5 nitrogen and oxygen atoms in total. The van der Waals surface area contributed by atoms with Gasteiger partial charge in [0.05, 0.1) is 11.0 Å². The average Bonchev–Trinajstić information content (AvgIpc) is 3.98. The molecule has 13 aromatic rings. The molecule has 0 fully saturated rings. The SMILES string of the molecule is c1ccc([Si](c2ccccc2)(c2ccccc2)c2cccc(-c3nc(-c4cccc(-c5cccc6oc7ccccc7c56)c4)nc(-c4cccc(-n5c6ccccc6c6ccccc65)c4)n3)c2)cc1. The molecule has 0 unspecified atom stereocenters. The summed E-state index contributed by atoms with van der Waals surface area (Å²) in [5.41, 5.74) is 9.87. The first kappa shape index (κ1) is 40.3. The molecule has 0 saturated heterocycles. The average molecular weight is 899 g/mol. The molecule has 13 rings (SSSR count). The monoisotopic (exact) mass is 898 g/mol. The molecule has 6 heteroatoms. The lowest BCUT2D eigenvalue weighted by atomic mass is 9.98. The normalized spacial score (nSPS) is 11.8. The molecule has 3 heterocycles. The van der Waals surface area contributed by atoms with Gasteiger partial charge in [-0.05, 0) is 74.3 Å². The molecule has 0 aliphatic rings. The van der Waals surface area contributed by atoms with Gasteiger partial charge in [-0.1, -0.05) is 212 Å². The van der Waals surface area contributed by atoms with Gasteiger partial charge in [0.1, 0.15) is 11.2 Å². The van der Waals surface area contributed by atoms with Crippen LogP contribution in [0.2, 0.25) is 0 Å². The van der Waals surface area contributed by atoms with Gasteiger partial charge in [-0.3, -0.25) is 0 Å². The summed E-state index contributed by atoms with van der Waals surface area (Å²) in [7, 11) is -2.87. The Morgan fingerprint density at radius 2 is 0.754 bits per heavy atom. The minimum atomic E-state index is -2.87.